The average molecular weight is 263 g/mol. The van der Waals surface area contributed by atoms with Crippen molar-refractivity contribution in [3.63, 3.8) is 0 Å². The Morgan fingerprint density at radius 1 is 1.26 bits per heavy atom. The van der Waals surface area contributed by atoms with E-state index in [2.05, 4.69) is 43.0 Å². The van der Waals surface area contributed by atoms with Gasteiger partial charge < -0.3 is 14.7 Å². The van der Waals surface area contributed by atoms with Crippen molar-refractivity contribution < 1.29 is 9.84 Å². The van der Waals surface area contributed by atoms with Gasteiger partial charge in [-0.1, -0.05) is 26.0 Å². The number of aliphatic hydroxyl groups is 1. The van der Waals surface area contributed by atoms with E-state index in [0.717, 1.165) is 13.1 Å². The van der Waals surface area contributed by atoms with Gasteiger partial charge in [-0.2, -0.15) is 0 Å². The molecule has 1 saturated heterocycles. The maximum absolute atomic E-state index is 10.1. The van der Waals surface area contributed by atoms with Gasteiger partial charge in [0.25, 0.3) is 0 Å². The molecule has 0 aromatic heterocycles. The molecule has 1 heterocycles. The van der Waals surface area contributed by atoms with E-state index >= 15 is 0 Å². The summed E-state index contributed by atoms with van der Waals surface area (Å²) >= 11 is 0. The summed E-state index contributed by atoms with van der Waals surface area (Å²) in [5.74, 6) is 0.558. The van der Waals surface area contributed by atoms with E-state index in [-0.39, 0.29) is 6.10 Å². The Hall–Kier alpha value is -1.06. The molecular weight excluding hydrogens is 238 g/mol. The summed E-state index contributed by atoms with van der Waals surface area (Å²) in [4.78, 5) is 2.29. The van der Waals surface area contributed by atoms with Gasteiger partial charge in [0, 0.05) is 18.8 Å². The highest BCUT2D eigenvalue weighted by Gasteiger charge is 2.32. The van der Waals surface area contributed by atoms with Crippen molar-refractivity contribution in [1.82, 2.24) is 0 Å². The molecule has 0 saturated carbocycles. The minimum absolute atomic E-state index is 0.133. The minimum atomic E-state index is -0.795. The van der Waals surface area contributed by atoms with Crippen LogP contribution in [0.15, 0.2) is 24.3 Å². The molecule has 0 aliphatic carbocycles. The molecule has 3 nitrogen and oxygen atoms in total. The molecule has 1 N–H and O–H groups in total. The molecule has 1 aliphatic heterocycles. The highest BCUT2D eigenvalue weighted by molar-refractivity contribution is 5.48. The summed E-state index contributed by atoms with van der Waals surface area (Å²) in [5, 5.41) is 10.1. The van der Waals surface area contributed by atoms with Gasteiger partial charge in [-0.15, -0.1) is 0 Å². The third kappa shape index (κ3) is 3.48. The number of nitrogens with zero attached hydrogens (tertiary/aromatic N) is 1. The molecule has 1 aliphatic rings. The first-order valence-electron chi connectivity index (χ1n) is 7.07. The topological polar surface area (TPSA) is 32.7 Å². The van der Waals surface area contributed by atoms with Crippen LogP contribution in [0.3, 0.4) is 0 Å². The zero-order chi connectivity index (χ0) is 14.0. The van der Waals surface area contributed by atoms with Crippen LogP contribution in [0.4, 0.5) is 5.69 Å². The molecular formula is C16H25NO2. The highest BCUT2D eigenvalue weighted by atomic mass is 16.5. The molecule has 1 aromatic rings. The Bertz CT molecular complexity index is 406. The lowest BCUT2D eigenvalue weighted by Gasteiger charge is -2.39. The fourth-order valence-electron chi connectivity index (χ4n) is 2.38. The van der Waals surface area contributed by atoms with E-state index in [4.69, 9.17) is 4.74 Å². The van der Waals surface area contributed by atoms with Crippen LogP contribution in [0.5, 0.6) is 0 Å². The summed E-state index contributed by atoms with van der Waals surface area (Å²) in [6.07, 6.45) is -0.133. The SMILES string of the molecule is CC(C)c1ccc(N2CCO[C@@H](C(C)(C)O)C2)cc1. The molecule has 1 aromatic carbocycles. The molecule has 1 fully saturated rings. The zero-order valence-corrected chi connectivity index (χ0v) is 12.4. The van der Waals surface area contributed by atoms with Gasteiger partial charge in [0.1, 0.15) is 6.10 Å². The van der Waals surface area contributed by atoms with Crippen LogP contribution in [0, 0.1) is 0 Å². The number of benzene rings is 1. The van der Waals surface area contributed by atoms with Crippen molar-refractivity contribution in [2.24, 2.45) is 0 Å². The Kier molecular flexibility index (Phi) is 4.16. The lowest BCUT2D eigenvalue weighted by molar-refractivity contribution is -0.0927. The van der Waals surface area contributed by atoms with Crippen LogP contribution >= 0.6 is 0 Å². The summed E-state index contributed by atoms with van der Waals surface area (Å²) < 4.78 is 5.66. The summed E-state index contributed by atoms with van der Waals surface area (Å²) in [5.41, 5.74) is 1.77. The number of hydrogen-bond donors (Lipinski definition) is 1. The fourth-order valence-corrected chi connectivity index (χ4v) is 2.38. The molecule has 106 valence electrons. The highest BCUT2D eigenvalue weighted by Crippen LogP contribution is 2.24. The quantitative estimate of drug-likeness (QED) is 0.910. The van der Waals surface area contributed by atoms with Crippen molar-refractivity contribution >= 4 is 5.69 Å². The predicted octanol–water partition coefficient (Wildman–Crippen LogP) is 2.79. The predicted molar refractivity (Wildman–Crippen MR) is 78.8 cm³/mol. The lowest BCUT2D eigenvalue weighted by Crippen LogP contribution is -2.52. The normalized spacial score (nSPS) is 20.9. The van der Waals surface area contributed by atoms with E-state index < -0.39 is 5.60 Å². The first-order chi connectivity index (χ1) is 8.88. The second-order valence-corrected chi connectivity index (χ2v) is 6.21. The van der Waals surface area contributed by atoms with E-state index in [1.807, 2.05) is 13.8 Å². The number of ether oxygens (including phenoxy) is 1. The van der Waals surface area contributed by atoms with Crippen molar-refractivity contribution in [2.75, 3.05) is 24.6 Å². The van der Waals surface area contributed by atoms with E-state index in [1.165, 1.54) is 11.3 Å². The minimum Gasteiger partial charge on any atom is -0.388 e. The number of morpholine rings is 1. The van der Waals surface area contributed by atoms with Gasteiger partial charge in [-0.05, 0) is 37.5 Å². The lowest BCUT2D eigenvalue weighted by atomic mass is 9.99. The van der Waals surface area contributed by atoms with Gasteiger partial charge in [0.05, 0.1) is 12.2 Å². The van der Waals surface area contributed by atoms with Gasteiger partial charge in [-0.3, -0.25) is 0 Å². The van der Waals surface area contributed by atoms with Gasteiger partial charge >= 0.3 is 0 Å². The Balaban J connectivity index is 2.09. The summed E-state index contributed by atoms with van der Waals surface area (Å²) in [6.45, 7) is 10.3. The van der Waals surface area contributed by atoms with Crippen molar-refractivity contribution in [2.45, 2.75) is 45.3 Å². The molecule has 19 heavy (non-hydrogen) atoms. The number of hydrogen-bond acceptors (Lipinski definition) is 3. The van der Waals surface area contributed by atoms with Crippen LogP contribution in [0.1, 0.15) is 39.2 Å². The largest absolute Gasteiger partial charge is 0.388 e. The molecule has 1 atom stereocenters. The monoisotopic (exact) mass is 263 g/mol. The van der Waals surface area contributed by atoms with Gasteiger partial charge in [0.15, 0.2) is 0 Å². The van der Waals surface area contributed by atoms with Crippen LogP contribution in [-0.4, -0.2) is 36.5 Å². The van der Waals surface area contributed by atoms with Crippen molar-refractivity contribution in [3.05, 3.63) is 29.8 Å². The zero-order valence-electron chi connectivity index (χ0n) is 12.4. The Labute approximate surface area is 116 Å². The summed E-state index contributed by atoms with van der Waals surface area (Å²) in [7, 11) is 0. The third-order valence-corrected chi connectivity index (χ3v) is 3.78. The standard InChI is InChI=1S/C16H25NO2/c1-12(2)13-5-7-14(8-6-13)17-9-10-19-15(11-17)16(3,4)18/h5-8,12,15,18H,9-11H2,1-4H3/t15-/m1/s1. The van der Waals surface area contributed by atoms with E-state index in [0.29, 0.717) is 12.5 Å². The van der Waals surface area contributed by atoms with Crippen molar-refractivity contribution in [3.8, 4) is 0 Å². The van der Waals surface area contributed by atoms with E-state index in [1.54, 1.807) is 0 Å². The molecule has 0 spiro atoms. The second kappa shape index (κ2) is 5.51. The van der Waals surface area contributed by atoms with Crippen LogP contribution in [0.2, 0.25) is 0 Å². The molecule has 2 rings (SSSR count). The van der Waals surface area contributed by atoms with Crippen LogP contribution in [-0.2, 0) is 4.74 Å². The van der Waals surface area contributed by atoms with Crippen molar-refractivity contribution in [1.29, 1.82) is 0 Å². The Morgan fingerprint density at radius 3 is 2.42 bits per heavy atom. The third-order valence-electron chi connectivity index (χ3n) is 3.78. The molecule has 0 unspecified atom stereocenters. The van der Waals surface area contributed by atoms with Gasteiger partial charge in [0.2, 0.25) is 0 Å². The van der Waals surface area contributed by atoms with Crippen LogP contribution in [0.25, 0.3) is 0 Å². The van der Waals surface area contributed by atoms with E-state index in [9.17, 15) is 5.11 Å². The fraction of sp³-hybridized carbons (Fsp3) is 0.625. The van der Waals surface area contributed by atoms with Crippen LogP contribution < -0.4 is 4.90 Å². The maximum atomic E-state index is 10.1. The second-order valence-electron chi connectivity index (χ2n) is 6.21. The van der Waals surface area contributed by atoms with Gasteiger partial charge in [-0.25, -0.2) is 0 Å². The number of rotatable bonds is 3. The molecule has 0 amide bonds. The molecule has 3 heteroatoms. The first-order valence-corrected chi connectivity index (χ1v) is 7.07. The Morgan fingerprint density at radius 2 is 1.89 bits per heavy atom. The smallest absolute Gasteiger partial charge is 0.103 e. The first kappa shape index (κ1) is 14.4. The average Bonchev–Trinajstić information content (AvgIpc) is 2.38. The summed E-state index contributed by atoms with van der Waals surface area (Å²) in [6, 6.07) is 8.72. The number of anilines is 1. The molecule has 0 bridgehead atoms. The maximum Gasteiger partial charge on any atom is 0.103 e. The molecule has 0 radical (unpaired) electrons.